The predicted molar refractivity (Wildman–Crippen MR) is 38.4 cm³/mol. The van der Waals surface area contributed by atoms with Gasteiger partial charge in [0.25, 0.3) is 0 Å². The van der Waals surface area contributed by atoms with Gasteiger partial charge in [0.15, 0.2) is 0 Å². The maximum atomic E-state index is 7.16. The quantitative estimate of drug-likeness (QED) is 0.404. The highest BCUT2D eigenvalue weighted by atomic mass is 14.7. The monoisotopic (exact) mass is 126 g/mol. The molecule has 0 aromatic carbocycles. The molecule has 0 bridgehead atoms. The van der Waals surface area contributed by atoms with Crippen LogP contribution in [0.1, 0.15) is 26.2 Å². The first-order valence-corrected chi connectivity index (χ1v) is 3.54. The van der Waals surface area contributed by atoms with Gasteiger partial charge in [0, 0.05) is 5.92 Å². The first kappa shape index (κ1) is 6.59. The van der Waals surface area contributed by atoms with Crippen LogP contribution in [0.5, 0.6) is 0 Å². The Bertz CT molecular complexity index is 120. The molecule has 0 aromatic rings. The summed E-state index contributed by atoms with van der Waals surface area (Å²) in [7, 11) is 0. The van der Waals surface area contributed by atoms with E-state index in [1.807, 2.05) is 0 Å². The van der Waals surface area contributed by atoms with Crippen molar-refractivity contribution in [3.05, 3.63) is 0 Å². The average molecular weight is 126 g/mol. The van der Waals surface area contributed by atoms with E-state index < -0.39 is 0 Å². The summed E-state index contributed by atoms with van der Waals surface area (Å²) in [6.45, 7) is 2.23. The van der Waals surface area contributed by atoms with Crippen molar-refractivity contribution in [2.24, 2.45) is 17.6 Å². The molecule has 1 rings (SSSR count). The van der Waals surface area contributed by atoms with E-state index in [1.54, 1.807) is 0 Å². The van der Waals surface area contributed by atoms with E-state index in [9.17, 15) is 0 Å². The van der Waals surface area contributed by atoms with Crippen molar-refractivity contribution in [2.45, 2.75) is 26.2 Å². The normalized spacial score (nSPS) is 34.8. The Morgan fingerprint density at radius 3 is 2.44 bits per heavy atom. The molecule has 1 aliphatic carbocycles. The minimum Gasteiger partial charge on any atom is -0.387 e. The first-order chi connectivity index (χ1) is 4.20. The van der Waals surface area contributed by atoms with Crippen LogP contribution in [-0.4, -0.2) is 5.84 Å². The lowest BCUT2D eigenvalue weighted by Crippen LogP contribution is -2.19. The molecule has 0 radical (unpaired) electrons. The van der Waals surface area contributed by atoms with Crippen LogP contribution < -0.4 is 5.73 Å². The fraction of sp³-hybridized carbons (Fsp3) is 0.857. The summed E-state index contributed by atoms with van der Waals surface area (Å²) in [4.78, 5) is 0. The Hall–Kier alpha value is -0.530. The molecule has 0 amide bonds. The largest absolute Gasteiger partial charge is 0.387 e. The van der Waals surface area contributed by atoms with Crippen LogP contribution in [-0.2, 0) is 0 Å². The lowest BCUT2D eigenvalue weighted by molar-refractivity contribution is 0.594. The highest BCUT2D eigenvalue weighted by Gasteiger charge is 2.22. The molecule has 2 heteroatoms. The summed E-state index contributed by atoms with van der Waals surface area (Å²) in [5, 5.41) is 7.16. The molecular weight excluding hydrogens is 112 g/mol. The molecular formula is C7H14N2. The fourth-order valence-corrected chi connectivity index (χ4v) is 1.49. The molecule has 1 saturated carbocycles. The van der Waals surface area contributed by atoms with Gasteiger partial charge in [0.2, 0.25) is 0 Å². The molecule has 1 aliphatic rings. The summed E-state index contributed by atoms with van der Waals surface area (Å²) in [6, 6.07) is 0. The van der Waals surface area contributed by atoms with Gasteiger partial charge in [-0.3, -0.25) is 5.41 Å². The summed E-state index contributed by atoms with van der Waals surface area (Å²) >= 11 is 0. The average Bonchev–Trinajstić information content (AvgIpc) is 2.14. The number of rotatable bonds is 1. The smallest absolute Gasteiger partial charge is 0.0937 e. The highest BCUT2D eigenvalue weighted by molar-refractivity contribution is 5.79. The third kappa shape index (κ3) is 1.44. The van der Waals surface area contributed by atoms with E-state index in [2.05, 4.69) is 6.92 Å². The Morgan fingerprint density at radius 1 is 1.56 bits per heavy atom. The molecule has 0 aromatic heterocycles. The van der Waals surface area contributed by atoms with Gasteiger partial charge in [0.05, 0.1) is 5.84 Å². The summed E-state index contributed by atoms with van der Waals surface area (Å²) in [6.07, 6.45) is 3.52. The number of nitrogens with two attached hydrogens (primary N) is 1. The van der Waals surface area contributed by atoms with Gasteiger partial charge < -0.3 is 5.73 Å². The number of hydrogen-bond acceptors (Lipinski definition) is 1. The molecule has 2 nitrogen and oxygen atoms in total. The van der Waals surface area contributed by atoms with Crippen molar-refractivity contribution in [2.75, 3.05) is 0 Å². The maximum Gasteiger partial charge on any atom is 0.0937 e. The Labute approximate surface area is 55.9 Å². The van der Waals surface area contributed by atoms with Gasteiger partial charge in [0.1, 0.15) is 0 Å². The molecule has 2 atom stereocenters. The van der Waals surface area contributed by atoms with Crippen molar-refractivity contribution in [3.63, 3.8) is 0 Å². The molecule has 0 spiro atoms. The molecule has 3 N–H and O–H groups in total. The fourth-order valence-electron chi connectivity index (χ4n) is 1.49. The van der Waals surface area contributed by atoms with Crippen molar-refractivity contribution in [1.29, 1.82) is 5.41 Å². The van der Waals surface area contributed by atoms with Crippen LogP contribution in [0.4, 0.5) is 0 Å². The molecule has 9 heavy (non-hydrogen) atoms. The predicted octanol–water partition coefficient (Wildman–Crippen LogP) is 1.36. The molecule has 52 valence electrons. The second-order valence-corrected chi connectivity index (χ2v) is 3.07. The zero-order chi connectivity index (χ0) is 6.85. The van der Waals surface area contributed by atoms with Crippen LogP contribution in [0, 0.1) is 17.2 Å². The second kappa shape index (κ2) is 2.38. The van der Waals surface area contributed by atoms with E-state index >= 15 is 0 Å². The lowest BCUT2D eigenvalue weighted by atomic mass is 10.1. The molecule has 0 heterocycles. The van der Waals surface area contributed by atoms with Gasteiger partial charge in [-0.25, -0.2) is 0 Å². The van der Waals surface area contributed by atoms with E-state index in [0.717, 1.165) is 18.8 Å². The van der Waals surface area contributed by atoms with Crippen molar-refractivity contribution in [3.8, 4) is 0 Å². The first-order valence-electron chi connectivity index (χ1n) is 3.54. The number of nitrogens with one attached hydrogen (secondary N) is 1. The van der Waals surface area contributed by atoms with Gasteiger partial charge >= 0.3 is 0 Å². The molecule has 0 aliphatic heterocycles. The van der Waals surface area contributed by atoms with E-state index in [0.29, 0.717) is 11.8 Å². The Morgan fingerprint density at radius 2 is 2.22 bits per heavy atom. The summed E-state index contributed by atoms with van der Waals surface area (Å²) < 4.78 is 0. The van der Waals surface area contributed by atoms with E-state index in [1.165, 1.54) is 6.42 Å². The van der Waals surface area contributed by atoms with Crippen LogP contribution in [0.3, 0.4) is 0 Å². The standard InChI is InChI=1S/C7H14N2/c1-5-2-3-6(4-5)7(8)9/h5-6H,2-4H2,1H3,(H3,8,9). The third-order valence-corrected chi connectivity index (χ3v) is 2.13. The number of hydrogen-bond donors (Lipinski definition) is 2. The Kier molecular flexibility index (Phi) is 1.74. The van der Waals surface area contributed by atoms with Crippen molar-refractivity contribution >= 4 is 5.84 Å². The lowest BCUT2D eigenvalue weighted by Gasteiger charge is -2.04. The van der Waals surface area contributed by atoms with Gasteiger partial charge in [-0.2, -0.15) is 0 Å². The summed E-state index contributed by atoms with van der Waals surface area (Å²) in [5.41, 5.74) is 5.34. The number of amidine groups is 1. The SMILES string of the molecule is CC1CCC(C(=N)N)C1. The highest BCUT2D eigenvalue weighted by Crippen LogP contribution is 2.29. The van der Waals surface area contributed by atoms with Gasteiger partial charge in [-0.05, 0) is 25.2 Å². The van der Waals surface area contributed by atoms with Crippen molar-refractivity contribution < 1.29 is 0 Å². The van der Waals surface area contributed by atoms with Crippen LogP contribution >= 0.6 is 0 Å². The molecule has 0 saturated heterocycles. The zero-order valence-corrected chi connectivity index (χ0v) is 5.85. The Balaban J connectivity index is 2.39. The topological polar surface area (TPSA) is 49.9 Å². The van der Waals surface area contributed by atoms with E-state index in [-0.39, 0.29) is 0 Å². The van der Waals surface area contributed by atoms with E-state index in [4.69, 9.17) is 11.1 Å². The second-order valence-electron chi connectivity index (χ2n) is 3.07. The van der Waals surface area contributed by atoms with Gasteiger partial charge in [-0.15, -0.1) is 0 Å². The molecule has 2 unspecified atom stereocenters. The zero-order valence-electron chi connectivity index (χ0n) is 5.85. The minimum absolute atomic E-state index is 0.388. The van der Waals surface area contributed by atoms with Crippen molar-refractivity contribution in [1.82, 2.24) is 0 Å². The molecule has 1 fully saturated rings. The van der Waals surface area contributed by atoms with Gasteiger partial charge in [-0.1, -0.05) is 6.92 Å². The third-order valence-electron chi connectivity index (χ3n) is 2.13. The summed E-state index contributed by atoms with van der Waals surface area (Å²) in [5.74, 6) is 1.58. The van der Waals surface area contributed by atoms with Crippen LogP contribution in [0.2, 0.25) is 0 Å². The van der Waals surface area contributed by atoms with Crippen LogP contribution in [0.15, 0.2) is 0 Å². The minimum atomic E-state index is 0.388. The maximum absolute atomic E-state index is 7.16. The van der Waals surface area contributed by atoms with Crippen LogP contribution in [0.25, 0.3) is 0 Å².